The van der Waals surface area contributed by atoms with E-state index in [1.807, 2.05) is 35.9 Å². The number of aryl methyl sites for hydroxylation is 1. The molecule has 0 spiro atoms. The van der Waals surface area contributed by atoms with Crippen LogP contribution in [0.4, 0.5) is 0 Å². The summed E-state index contributed by atoms with van der Waals surface area (Å²) in [6, 6.07) is 13.8. The average molecular weight is 446 g/mol. The van der Waals surface area contributed by atoms with Crippen LogP contribution in [0.2, 0.25) is 0 Å². The van der Waals surface area contributed by atoms with E-state index >= 15 is 0 Å². The first-order valence-corrected chi connectivity index (χ1v) is 11.9. The van der Waals surface area contributed by atoms with Gasteiger partial charge >= 0.3 is 0 Å². The lowest BCUT2D eigenvalue weighted by Crippen LogP contribution is -2.34. The summed E-state index contributed by atoms with van der Waals surface area (Å²) in [6.45, 7) is 0.997. The number of thiazole rings is 1. The number of aromatic nitrogens is 1. The van der Waals surface area contributed by atoms with Crippen molar-refractivity contribution in [2.75, 3.05) is 20.2 Å². The van der Waals surface area contributed by atoms with Crippen molar-refractivity contribution in [3.8, 4) is 0 Å². The van der Waals surface area contributed by atoms with Gasteiger partial charge in [0.2, 0.25) is 10.0 Å². The molecule has 1 fully saturated rings. The van der Waals surface area contributed by atoms with E-state index in [1.54, 1.807) is 7.05 Å². The smallest absolute Gasteiger partial charge is 0.279 e. The van der Waals surface area contributed by atoms with Gasteiger partial charge in [-0.25, -0.2) is 8.42 Å². The Bertz CT molecular complexity index is 1240. The Balaban J connectivity index is 1.55. The summed E-state index contributed by atoms with van der Waals surface area (Å²) in [6.07, 6.45) is 1.76. The van der Waals surface area contributed by atoms with Crippen LogP contribution in [-0.2, 0) is 21.8 Å². The topological polar surface area (TPSA) is 81.0 Å². The monoisotopic (exact) mass is 445 g/mol. The summed E-state index contributed by atoms with van der Waals surface area (Å²) in [5.74, 6) is -0.409. The van der Waals surface area contributed by atoms with Gasteiger partial charge in [-0.15, -0.1) is 0 Å². The van der Waals surface area contributed by atoms with Gasteiger partial charge in [-0.05, 0) is 49.2 Å². The summed E-state index contributed by atoms with van der Waals surface area (Å²) < 4.78 is 35.3. The number of carbonyl (C=O) groups excluding carboxylic acids is 1. The van der Waals surface area contributed by atoms with Crippen LogP contribution in [0.3, 0.4) is 0 Å². The zero-order valence-corrected chi connectivity index (χ0v) is 18.4. The second-order valence-corrected chi connectivity index (χ2v) is 10.3. The molecular weight excluding hydrogens is 422 g/mol. The van der Waals surface area contributed by atoms with Gasteiger partial charge in [0.15, 0.2) is 4.80 Å². The van der Waals surface area contributed by atoms with Crippen molar-refractivity contribution in [2.45, 2.75) is 23.8 Å². The van der Waals surface area contributed by atoms with Crippen molar-refractivity contribution in [2.24, 2.45) is 12.0 Å². The maximum Gasteiger partial charge on any atom is 0.279 e. The molecule has 1 amide bonds. The Morgan fingerprint density at radius 2 is 1.97 bits per heavy atom. The molecule has 30 heavy (non-hydrogen) atoms. The lowest BCUT2D eigenvalue weighted by Gasteiger charge is -2.20. The fourth-order valence-electron chi connectivity index (χ4n) is 3.46. The number of sulfonamides is 1. The molecule has 4 rings (SSSR count). The van der Waals surface area contributed by atoms with Gasteiger partial charge in [-0.1, -0.05) is 23.5 Å². The highest BCUT2D eigenvalue weighted by atomic mass is 32.2. The Morgan fingerprint density at radius 1 is 1.23 bits per heavy atom. The number of para-hydroxylation sites is 1. The van der Waals surface area contributed by atoms with Crippen LogP contribution in [0.1, 0.15) is 23.2 Å². The summed E-state index contributed by atoms with van der Waals surface area (Å²) in [5, 5.41) is 0. The number of benzene rings is 2. The zero-order valence-electron chi connectivity index (χ0n) is 16.8. The van der Waals surface area contributed by atoms with E-state index in [4.69, 9.17) is 4.74 Å². The van der Waals surface area contributed by atoms with Crippen LogP contribution < -0.4 is 4.80 Å². The van der Waals surface area contributed by atoms with Crippen molar-refractivity contribution in [1.29, 1.82) is 0 Å². The van der Waals surface area contributed by atoms with Gasteiger partial charge in [-0.3, -0.25) is 4.79 Å². The van der Waals surface area contributed by atoms with E-state index in [0.29, 0.717) is 23.5 Å². The zero-order chi connectivity index (χ0) is 21.3. The number of rotatable bonds is 5. The first kappa shape index (κ1) is 20.9. The van der Waals surface area contributed by atoms with E-state index in [-0.39, 0.29) is 11.0 Å². The number of hydrogen-bond donors (Lipinski definition) is 0. The number of hydrogen-bond acceptors (Lipinski definition) is 5. The minimum Gasteiger partial charge on any atom is -0.377 e. The minimum absolute atomic E-state index is 0.0634. The van der Waals surface area contributed by atoms with Gasteiger partial charge < -0.3 is 9.30 Å². The minimum atomic E-state index is -3.64. The lowest BCUT2D eigenvalue weighted by atomic mass is 10.2. The number of fused-ring (bicyclic) bond motifs is 1. The SMILES string of the molecule is CN(CC1CCCO1)S(=O)(=O)c1ccc(C(=O)N=c2sc3ccccc3n2C)cc1. The third-order valence-electron chi connectivity index (χ3n) is 5.21. The van der Waals surface area contributed by atoms with Crippen LogP contribution in [0.15, 0.2) is 58.4 Å². The molecule has 0 saturated carbocycles. The Kier molecular flexibility index (Phi) is 5.88. The van der Waals surface area contributed by atoms with Gasteiger partial charge in [0, 0.05) is 32.8 Å². The average Bonchev–Trinajstić information content (AvgIpc) is 3.36. The Morgan fingerprint density at radius 3 is 2.63 bits per heavy atom. The largest absolute Gasteiger partial charge is 0.377 e. The molecule has 1 atom stereocenters. The molecule has 1 aliphatic rings. The van der Waals surface area contributed by atoms with Gasteiger partial charge in [0.05, 0.1) is 21.2 Å². The summed E-state index contributed by atoms with van der Waals surface area (Å²) in [5.41, 5.74) is 1.35. The quantitative estimate of drug-likeness (QED) is 0.605. The van der Waals surface area contributed by atoms with Crippen molar-refractivity contribution >= 4 is 37.5 Å². The summed E-state index contributed by atoms with van der Waals surface area (Å²) in [4.78, 5) is 17.6. The number of nitrogens with zero attached hydrogens (tertiary/aromatic N) is 3. The standard InChI is InChI=1S/C21H23N3O4S2/c1-23(14-16-6-5-13-28-16)30(26,27)17-11-9-15(10-12-17)20(25)22-21-24(2)18-7-3-4-8-19(18)29-21/h3-4,7-12,16H,5-6,13-14H2,1-2H3. The number of ether oxygens (including phenoxy) is 1. The number of amides is 1. The predicted molar refractivity (Wildman–Crippen MR) is 116 cm³/mol. The molecule has 2 heterocycles. The second kappa shape index (κ2) is 8.43. The number of likely N-dealkylation sites (N-methyl/N-ethyl adjacent to an activating group) is 1. The molecule has 0 bridgehead atoms. The van der Waals surface area contributed by atoms with E-state index in [9.17, 15) is 13.2 Å². The molecule has 158 valence electrons. The van der Waals surface area contributed by atoms with E-state index in [2.05, 4.69) is 4.99 Å². The fraction of sp³-hybridized carbons (Fsp3) is 0.333. The highest BCUT2D eigenvalue weighted by Gasteiger charge is 2.26. The Hall–Kier alpha value is -2.33. The van der Waals surface area contributed by atoms with Crippen LogP contribution in [0, 0.1) is 0 Å². The first-order valence-electron chi connectivity index (χ1n) is 9.68. The van der Waals surface area contributed by atoms with Gasteiger partial charge in [0.1, 0.15) is 0 Å². The normalized spacial score (nSPS) is 17.8. The summed E-state index contributed by atoms with van der Waals surface area (Å²) in [7, 11) is -0.228. The van der Waals surface area contributed by atoms with E-state index in [1.165, 1.54) is 39.9 Å². The van der Waals surface area contributed by atoms with Crippen molar-refractivity contribution in [3.05, 3.63) is 58.9 Å². The van der Waals surface area contributed by atoms with Crippen LogP contribution in [-0.4, -0.2) is 49.5 Å². The number of carbonyl (C=O) groups is 1. The third-order valence-corrected chi connectivity index (χ3v) is 8.16. The highest BCUT2D eigenvalue weighted by molar-refractivity contribution is 7.89. The molecule has 1 aromatic heterocycles. The molecule has 1 aliphatic heterocycles. The first-order chi connectivity index (χ1) is 14.4. The van der Waals surface area contributed by atoms with E-state index in [0.717, 1.165) is 23.1 Å². The van der Waals surface area contributed by atoms with Crippen LogP contribution >= 0.6 is 11.3 Å². The molecule has 9 heteroatoms. The van der Waals surface area contributed by atoms with Crippen LogP contribution in [0.5, 0.6) is 0 Å². The van der Waals surface area contributed by atoms with Crippen molar-refractivity contribution in [1.82, 2.24) is 8.87 Å². The Labute approximate surface area is 179 Å². The molecule has 1 saturated heterocycles. The molecule has 0 N–H and O–H groups in total. The molecule has 3 aromatic rings. The molecule has 0 radical (unpaired) electrons. The fourth-order valence-corrected chi connectivity index (χ4v) is 5.68. The molecule has 1 unspecified atom stereocenters. The molecule has 7 nitrogen and oxygen atoms in total. The predicted octanol–water partition coefficient (Wildman–Crippen LogP) is 2.78. The highest BCUT2D eigenvalue weighted by Crippen LogP contribution is 2.20. The third kappa shape index (κ3) is 4.11. The maximum atomic E-state index is 12.8. The maximum absolute atomic E-state index is 12.8. The summed E-state index contributed by atoms with van der Waals surface area (Å²) >= 11 is 1.43. The van der Waals surface area contributed by atoms with Crippen molar-refractivity contribution < 1.29 is 17.9 Å². The molecule has 0 aliphatic carbocycles. The lowest BCUT2D eigenvalue weighted by molar-refractivity contribution is 0.0979. The van der Waals surface area contributed by atoms with Gasteiger partial charge in [0.25, 0.3) is 5.91 Å². The second-order valence-electron chi connectivity index (χ2n) is 7.27. The molecular formula is C21H23N3O4S2. The van der Waals surface area contributed by atoms with Gasteiger partial charge in [-0.2, -0.15) is 9.30 Å². The van der Waals surface area contributed by atoms with E-state index < -0.39 is 15.9 Å². The van der Waals surface area contributed by atoms with Crippen molar-refractivity contribution in [3.63, 3.8) is 0 Å². The van der Waals surface area contributed by atoms with Crippen LogP contribution in [0.25, 0.3) is 10.2 Å². The molecule has 2 aromatic carbocycles.